The Hall–Kier alpha value is -3.14. The second kappa shape index (κ2) is 13.2. The van der Waals surface area contributed by atoms with Crippen LogP contribution in [0.2, 0.25) is 0 Å². The van der Waals surface area contributed by atoms with E-state index in [4.69, 9.17) is 4.74 Å². The van der Waals surface area contributed by atoms with E-state index in [1.165, 1.54) is 22.4 Å². The summed E-state index contributed by atoms with van der Waals surface area (Å²) in [5.41, 5.74) is 0.750. The number of sulfonamides is 1. The molecule has 2 aromatic rings. The number of hydrogen-bond donors (Lipinski definition) is 1. The van der Waals surface area contributed by atoms with Crippen molar-refractivity contribution in [3.8, 4) is 5.75 Å². The average Bonchev–Trinajstić information content (AvgIpc) is 2.84. The van der Waals surface area contributed by atoms with Crippen molar-refractivity contribution in [1.29, 1.82) is 0 Å². The molecule has 0 heterocycles. The van der Waals surface area contributed by atoms with Crippen molar-refractivity contribution >= 4 is 27.5 Å². The van der Waals surface area contributed by atoms with Gasteiger partial charge in [-0.2, -0.15) is 0 Å². The summed E-state index contributed by atoms with van der Waals surface area (Å²) in [4.78, 5) is 27.4. The van der Waals surface area contributed by atoms with Crippen molar-refractivity contribution in [3.63, 3.8) is 0 Å². The first-order valence-corrected chi connectivity index (χ1v) is 13.8. The Balaban J connectivity index is 2.18. The van der Waals surface area contributed by atoms with Gasteiger partial charge in [-0.15, -0.1) is 0 Å². The van der Waals surface area contributed by atoms with E-state index in [2.05, 4.69) is 5.32 Å². The van der Waals surface area contributed by atoms with E-state index in [1.54, 1.807) is 49.4 Å². The third-order valence-electron chi connectivity index (χ3n) is 5.98. The molecule has 0 spiro atoms. The van der Waals surface area contributed by atoms with Gasteiger partial charge in [0.05, 0.1) is 19.1 Å². The SMILES string of the molecule is CC[C@@H](C)NC(=O)[C@@H](C)N(Cc1ccccc1F)C(=O)CCCN(c1ccc(OC)cc1)S(C)(=O)=O. The summed E-state index contributed by atoms with van der Waals surface area (Å²) in [6.07, 6.45) is 2.03. The molecule has 10 heteroatoms. The van der Waals surface area contributed by atoms with E-state index >= 15 is 0 Å². The standard InChI is InChI=1S/C26H36FN3O5S/c1-6-19(2)28-26(32)20(3)29(18-21-10-7-8-11-24(21)27)25(31)12-9-17-30(36(5,33)34)22-13-15-23(35-4)16-14-22/h7-8,10-11,13-16,19-20H,6,9,12,17-18H2,1-5H3,(H,28,32)/t19-,20-/m1/s1. The van der Waals surface area contributed by atoms with Crippen molar-refractivity contribution < 1.29 is 27.1 Å². The summed E-state index contributed by atoms with van der Waals surface area (Å²) < 4.78 is 45.5. The lowest BCUT2D eigenvalue weighted by Crippen LogP contribution is -2.49. The van der Waals surface area contributed by atoms with E-state index in [0.29, 0.717) is 17.0 Å². The number of benzene rings is 2. The predicted molar refractivity (Wildman–Crippen MR) is 139 cm³/mol. The molecule has 0 aliphatic rings. The molecule has 0 unspecified atom stereocenters. The molecule has 0 aliphatic heterocycles. The Labute approximate surface area is 213 Å². The van der Waals surface area contributed by atoms with Crippen molar-refractivity contribution in [3.05, 3.63) is 59.9 Å². The molecular formula is C26H36FN3O5S. The van der Waals surface area contributed by atoms with Crippen molar-refractivity contribution in [2.45, 2.75) is 58.7 Å². The van der Waals surface area contributed by atoms with Gasteiger partial charge in [0, 0.05) is 31.1 Å². The highest BCUT2D eigenvalue weighted by Crippen LogP contribution is 2.22. The van der Waals surface area contributed by atoms with Crippen LogP contribution in [0.4, 0.5) is 10.1 Å². The summed E-state index contributed by atoms with van der Waals surface area (Å²) in [5.74, 6) is -0.568. The van der Waals surface area contributed by atoms with Gasteiger partial charge < -0.3 is 15.0 Å². The highest BCUT2D eigenvalue weighted by Gasteiger charge is 2.28. The summed E-state index contributed by atoms with van der Waals surface area (Å²) >= 11 is 0. The molecule has 0 aromatic heterocycles. The first-order valence-electron chi connectivity index (χ1n) is 11.9. The van der Waals surface area contributed by atoms with Crippen LogP contribution < -0.4 is 14.4 Å². The maximum absolute atomic E-state index is 14.4. The van der Waals surface area contributed by atoms with Crippen molar-refractivity contribution in [1.82, 2.24) is 10.2 Å². The zero-order chi connectivity index (χ0) is 26.9. The number of nitrogens with zero attached hydrogens (tertiary/aromatic N) is 2. The largest absolute Gasteiger partial charge is 0.497 e. The van der Waals surface area contributed by atoms with Crippen LogP contribution in [-0.4, -0.2) is 57.1 Å². The molecule has 2 aromatic carbocycles. The number of carbonyl (C=O) groups is 2. The smallest absolute Gasteiger partial charge is 0.242 e. The minimum absolute atomic E-state index is 0.0163. The molecule has 0 saturated carbocycles. The number of halogens is 1. The monoisotopic (exact) mass is 521 g/mol. The zero-order valence-corrected chi connectivity index (χ0v) is 22.3. The molecule has 8 nitrogen and oxygen atoms in total. The van der Waals surface area contributed by atoms with Crippen LogP contribution in [0, 0.1) is 5.82 Å². The van der Waals surface area contributed by atoms with Gasteiger partial charge in [0.15, 0.2) is 0 Å². The number of ether oxygens (including phenoxy) is 1. The molecule has 0 radical (unpaired) electrons. The lowest BCUT2D eigenvalue weighted by atomic mass is 10.1. The highest BCUT2D eigenvalue weighted by atomic mass is 32.2. The minimum Gasteiger partial charge on any atom is -0.497 e. The van der Waals surface area contributed by atoms with Gasteiger partial charge in [0.25, 0.3) is 0 Å². The van der Waals surface area contributed by atoms with Gasteiger partial charge in [0.1, 0.15) is 17.6 Å². The molecule has 198 valence electrons. The summed E-state index contributed by atoms with van der Waals surface area (Å²) in [6.45, 7) is 5.41. The number of methoxy groups -OCH3 is 1. The molecule has 2 rings (SSSR count). The van der Waals surface area contributed by atoms with E-state index < -0.39 is 21.9 Å². The molecular weight excluding hydrogens is 485 g/mol. The Bertz CT molecular complexity index is 1120. The highest BCUT2D eigenvalue weighted by molar-refractivity contribution is 7.92. The lowest BCUT2D eigenvalue weighted by Gasteiger charge is -2.30. The fraction of sp³-hybridized carbons (Fsp3) is 0.462. The number of amides is 2. The zero-order valence-electron chi connectivity index (χ0n) is 21.5. The van der Waals surface area contributed by atoms with Gasteiger partial charge >= 0.3 is 0 Å². The molecule has 0 saturated heterocycles. The van der Waals surface area contributed by atoms with Crippen LogP contribution in [0.3, 0.4) is 0 Å². The molecule has 2 amide bonds. The fourth-order valence-electron chi connectivity index (χ4n) is 3.61. The van der Waals surface area contributed by atoms with E-state index in [9.17, 15) is 22.4 Å². The summed E-state index contributed by atoms with van der Waals surface area (Å²) in [6, 6.07) is 11.8. The van der Waals surface area contributed by atoms with Crippen molar-refractivity contribution in [2.24, 2.45) is 0 Å². The van der Waals surface area contributed by atoms with E-state index in [-0.39, 0.29) is 43.8 Å². The Kier molecular flexibility index (Phi) is 10.7. The third-order valence-corrected chi connectivity index (χ3v) is 7.17. The maximum Gasteiger partial charge on any atom is 0.242 e. The first kappa shape index (κ1) is 29.1. The molecule has 1 N–H and O–H groups in total. The minimum atomic E-state index is -3.60. The van der Waals surface area contributed by atoms with E-state index in [1.807, 2.05) is 13.8 Å². The van der Waals surface area contributed by atoms with Gasteiger partial charge in [-0.1, -0.05) is 25.1 Å². The third kappa shape index (κ3) is 8.22. The molecule has 0 fully saturated rings. The van der Waals surface area contributed by atoms with Crippen molar-refractivity contribution in [2.75, 3.05) is 24.2 Å². The Morgan fingerprint density at radius 3 is 2.28 bits per heavy atom. The Morgan fingerprint density at radius 1 is 1.08 bits per heavy atom. The normalized spacial score (nSPS) is 12.9. The number of carbonyl (C=O) groups excluding carboxylic acids is 2. The van der Waals surface area contributed by atoms with Crippen LogP contribution in [0.5, 0.6) is 5.75 Å². The average molecular weight is 522 g/mol. The van der Waals surface area contributed by atoms with Crippen LogP contribution in [0.25, 0.3) is 0 Å². The second-order valence-corrected chi connectivity index (χ2v) is 10.7. The number of hydrogen-bond acceptors (Lipinski definition) is 5. The topological polar surface area (TPSA) is 96.0 Å². The molecule has 2 atom stereocenters. The molecule has 0 aliphatic carbocycles. The van der Waals surface area contributed by atoms with Gasteiger partial charge in [-0.05, 0) is 57.0 Å². The summed E-state index contributed by atoms with van der Waals surface area (Å²) in [5, 5.41) is 2.87. The molecule has 36 heavy (non-hydrogen) atoms. The predicted octanol–water partition coefficient (Wildman–Crippen LogP) is 3.71. The van der Waals surface area contributed by atoms with Crippen LogP contribution in [-0.2, 0) is 26.2 Å². The molecule has 0 bridgehead atoms. The van der Waals surface area contributed by atoms with Crippen LogP contribution >= 0.6 is 0 Å². The van der Waals surface area contributed by atoms with Gasteiger partial charge in [-0.3, -0.25) is 13.9 Å². The van der Waals surface area contributed by atoms with Crippen LogP contribution in [0.15, 0.2) is 48.5 Å². The maximum atomic E-state index is 14.4. The van der Waals surface area contributed by atoms with Crippen LogP contribution in [0.1, 0.15) is 45.6 Å². The first-order chi connectivity index (χ1) is 17.0. The van der Waals surface area contributed by atoms with E-state index in [0.717, 1.165) is 12.7 Å². The number of rotatable bonds is 13. The van der Waals surface area contributed by atoms with Gasteiger partial charge in [0.2, 0.25) is 21.8 Å². The fourth-order valence-corrected chi connectivity index (χ4v) is 4.58. The Morgan fingerprint density at radius 2 is 1.72 bits per heavy atom. The summed E-state index contributed by atoms with van der Waals surface area (Å²) in [7, 11) is -2.08. The second-order valence-electron chi connectivity index (χ2n) is 8.74. The number of anilines is 1. The lowest BCUT2D eigenvalue weighted by molar-refractivity contribution is -0.141. The number of nitrogens with one attached hydrogen (secondary N) is 1. The van der Waals surface area contributed by atoms with Gasteiger partial charge in [-0.25, -0.2) is 12.8 Å². The quantitative estimate of drug-likeness (QED) is 0.434.